The number of anilines is 1. The summed E-state index contributed by atoms with van der Waals surface area (Å²) in [6.45, 7) is 2.37. The maximum atomic E-state index is 5.25. The fourth-order valence-corrected chi connectivity index (χ4v) is 2.22. The van der Waals surface area contributed by atoms with Crippen molar-refractivity contribution in [1.82, 2.24) is 20.4 Å². The van der Waals surface area contributed by atoms with E-state index in [4.69, 9.17) is 16.7 Å². The minimum absolute atomic E-state index is 0.357. The Morgan fingerprint density at radius 3 is 2.74 bits per heavy atom. The predicted octanol–water partition coefficient (Wildman–Crippen LogP) is 2.93. The van der Waals surface area contributed by atoms with Crippen LogP contribution < -0.4 is 10.6 Å². The maximum Gasteiger partial charge on any atom is 0.246 e. The normalized spacial score (nSPS) is 10.3. The molecule has 0 fully saturated rings. The summed E-state index contributed by atoms with van der Waals surface area (Å²) in [5.74, 6) is 1.05. The Kier molecular flexibility index (Phi) is 4.58. The fourth-order valence-electron chi connectivity index (χ4n) is 2.03. The number of pyridine rings is 1. The van der Waals surface area contributed by atoms with Gasteiger partial charge in [-0.05, 0) is 36.8 Å². The highest BCUT2D eigenvalue weighted by Gasteiger charge is 2.10. The molecule has 6 nitrogen and oxygen atoms in total. The summed E-state index contributed by atoms with van der Waals surface area (Å²) in [6, 6.07) is 11.6. The van der Waals surface area contributed by atoms with Crippen molar-refractivity contribution in [3.8, 4) is 11.4 Å². The van der Waals surface area contributed by atoms with E-state index in [0.717, 1.165) is 16.8 Å². The molecule has 0 aliphatic rings. The molecule has 0 bridgehead atoms. The Morgan fingerprint density at radius 2 is 1.96 bits per heavy atom. The van der Waals surface area contributed by atoms with Crippen molar-refractivity contribution >= 4 is 23.0 Å². The zero-order valence-corrected chi connectivity index (χ0v) is 13.3. The van der Waals surface area contributed by atoms with Crippen molar-refractivity contribution in [1.29, 1.82) is 0 Å². The first-order valence-corrected chi connectivity index (χ1v) is 7.46. The largest absolute Gasteiger partial charge is 0.353 e. The third-order valence-corrected chi connectivity index (χ3v) is 3.44. The van der Waals surface area contributed by atoms with E-state index in [9.17, 15) is 0 Å². The molecule has 0 spiro atoms. The molecule has 0 unspecified atom stereocenters. The van der Waals surface area contributed by atoms with Crippen LogP contribution in [0, 0.1) is 6.92 Å². The van der Waals surface area contributed by atoms with E-state index in [-0.39, 0.29) is 0 Å². The first-order valence-electron chi connectivity index (χ1n) is 7.06. The summed E-state index contributed by atoms with van der Waals surface area (Å²) >= 11 is 5.22. The Morgan fingerprint density at radius 1 is 1.17 bits per heavy atom. The van der Waals surface area contributed by atoms with E-state index >= 15 is 0 Å². The zero-order chi connectivity index (χ0) is 16.1. The van der Waals surface area contributed by atoms with E-state index < -0.39 is 0 Å². The van der Waals surface area contributed by atoms with Gasteiger partial charge in [-0.25, -0.2) is 0 Å². The number of aryl methyl sites for hydroxylation is 1. The van der Waals surface area contributed by atoms with E-state index in [0.29, 0.717) is 23.4 Å². The molecule has 0 aliphatic carbocycles. The van der Waals surface area contributed by atoms with Crippen LogP contribution in [0.25, 0.3) is 11.4 Å². The van der Waals surface area contributed by atoms with Crippen LogP contribution in [0.2, 0.25) is 0 Å². The number of benzene rings is 1. The van der Waals surface area contributed by atoms with Gasteiger partial charge < -0.3 is 15.2 Å². The summed E-state index contributed by atoms with van der Waals surface area (Å²) in [5.41, 5.74) is 2.92. The molecule has 1 aromatic carbocycles. The lowest BCUT2D eigenvalue weighted by Crippen LogP contribution is -2.27. The molecular weight excluding hydrogens is 310 g/mol. The Bertz CT molecular complexity index is 803. The molecule has 0 saturated heterocycles. The summed E-state index contributed by atoms with van der Waals surface area (Å²) in [7, 11) is 0. The van der Waals surface area contributed by atoms with Crippen LogP contribution in [0.4, 0.5) is 5.69 Å². The first kappa shape index (κ1) is 15.1. The van der Waals surface area contributed by atoms with Gasteiger partial charge in [-0.2, -0.15) is 4.98 Å². The quantitative estimate of drug-likeness (QED) is 0.714. The molecule has 3 rings (SSSR count). The number of nitrogens with zero attached hydrogens (tertiary/aromatic N) is 3. The molecule has 0 radical (unpaired) electrons. The first-order chi connectivity index (χ1) is 11.2. The van der Waals surface area contributed by atoms with Gasteiger partial charge in [0.25, 0.3) is 0 Å². The number of nitrogens with one attached hydrogen (secondary N) is 2. The third-order valence-electron chi connectivity index (χ3n) is 3.19. The second-order valence-corrected chi connectivity index (χ2v) is 5.28. The van der Waals surface area contributed by atoms with Crippen LogP contribution in [0.3, 0.4) is 0 Å². The standard InChI is InChI=1S/C16H15N5OS/c1-11-4-2-3-5-13(11)15-20-14(22-21-15)10-18-16(23)19-12-6-8-17-9-7-12/h2-9H,10H2,1H3,(H2,17,18,19,23). The summed E-state index contributed by atoms with van der Waals surface area (Å²) < 4.78 is 5.25. The average molecular weight is 325 g/mol. The second-order valence-electron chi connectivity index (χ2n) is 4.87. The molecule has 0 atom stereocenters. The zero-order valence-electron chi connectivity index (χ0n) is 12.5. The summed E-state index contributed by atoms with van der Waals surface area (Å²) in [5, 5.41) is 10.6. The molecule has 0 aliphatic heterocycles. The van der Waals surface area contributed by atoms with Gasteiger partial charge in [-0.15, -0.1) is 0 Å². The second kappa shape index (κ2) is 6.97. The van der Waals surface area contributed by atoms with Gasteiger partial charge in [0.05, 0.1) is 6.54 Å². The topological polar surface area (TPSA) is 75.9 Å². The minimum Gasteiger partial charge on any atom is -0.353 e. The van der Waals surface area contributed by atoms with Crippen molar-refractivity contribution in [2.75, 3.05) is 5.32 Å². The van der Waals surface area contributed by atoms with E-state index in [2.05, 4.69) is 25.8 Å². The van der Waals surface area contributed by atoms with E-state index in [1.54, 1.807) is 12.4 Å². The van der Waals surface area contributed by atoms with Crippen LogP contribution in [0.15, 0.2) is 53.3 Å². The maximum absolute atomic E-state index is 5.25. The van der Waals surface area contributed by atoms with Crippen LogP contribution in [0.1, 0.15) is 11.5 Å². The Balaban J connectivity index is 1.59. The van der Waals surface area contributed by atoms with Gasteiger partial charge in [-0.3, -0.25) is 4.98 Å². The lowest BCUT2D eigenvalue weighted by atomic mass is 10.1. The van der Waals surface area contributed by atoms with Crippen molar-refractivity contribution < 1.29 is 4.52 Å². The SMILES string of the molecule is Cc1ccccc1-c1noc(CNC(=S)Nc2ccncc2)n1. The van der Waals surface area contributed by atoms with Crippen molar-refractivity contribution in [3.63, 3.8) is 0 Å². The summed E-state index contributed by atoms with van der Waals surface area (Å²) in [4.78, 5) is 8.33. The monoisotopic (exact) mass is 325 g/mol. The van der Waals surface area contributed by atoms with Crippen molar-refractivity contribution in [3.05, 3.63) is 60.2 Å². The van der Waals surface area contributed by atoms with Gasteiger partial charge in [0.1, 0.15) is 0 Å². The number of thiocarbonyl (C=S) groups is 1. The van der Waals surface area contributed by atoms with Crippen LogP contribution >= 0.6 is 12.2 Å². The molecule has 0 amide bonds. The lowest BCUT2D eigenvalue weighted by molar-refractivity contribution is 0.376. The van der Waals surface area contributed by atoms with Crippen LogP contribution in [-0.2, 0) is 6.54 Å². The lowest BCUT2D eigenvalue weighted by Gasteiger charge is -2.07. The Hall–Kier alpha value is -2.80. The van der Waals surface area contributed by atoms with E-state index in [1.165, 1.54) is 0 Å². The molecule has 2 N–H and O–H groups in total. The average Bonchev–Trinajstić information content (AvgIpc) is 3.03. The van der Waals surface area contributed by atoms with Gasteiger partial charge in [0, 0.05) is 23.6 Å². The predicted molar refractivity (Wildman–Crippen MR) is 91.8 cm³/mol. The molecule has 0 saturated carbocycles. The molecule has 116 valence electrons. The van der Waals surface area contributed by atoms with E-state index in [1.807, 2.05) is 43.3 Å². The van der Waals surface area contributed by atoms with Crippen LogP contribution in [-0.4, -0.2) is 20.2 Å². The molecule has 2 heterocycles. The Labute approximate surface area is 139 Å². The molecular formula is C16H15N5OS. The molecule has 7 heteroatoms. The minimum atomic E-state index is 0.357. The van der Waals surface area contributed by atoms with Crippen molar-refractivity contribution in [2.45, 2.75) is 13.5 Å². The fraction of sp³-hybridized carbons (Fsp3) is 0.125. The van der Waals surface area contributed by atoms with Gasteiger partial charge in [-0.1, -0.05) is 29.4 Å². The number of hydrogen-bond acceptors (Lipinski definition) is 5. The van der Waals surface area contributed by atoms with Crippen molar-refractivity contribution in [2.24, 2.45) is 0 Å². The molecule has 2 aromatic heterocycles. The highest BCUT2D eigenvalue weighted by atomic mass is 32.1. The van der Waals surface area contributed by atoms with Gasteiger partial charge >= 0.3 is 0 Å². The van der Waals surface area contributed by atoms with Crippen LogP contribution in [0.5, 0.6) is 0 Å². The van der Waals surface area contributed by atoms with Gasteiger partial charge in [0.15, 0.2) is 5.11 Å². The smallest absolute Gasteiger partial charge is 0.246 e. The highest BCUT2D eigenvalue weighted by Crippen LogP contribution is 2.19. The summed E-state index contributed by atoms with van der Waals surface area (Å²) in [6.07, 6.45) is 3.38. The number of rotatable bonds is 4. The third kappa shape index (κ3) is 3.89. The number of hydrogen-bond donors (Lipinski definition) is 2. The highest BCUT2D eigenvalue weighted by molar-refractivity contribution is 7.80. The molecule has 3 aromatic rings. The number of aromatic nitrogens is 3. The molecule has 23 heavy (non-hydrogen) atoms. The van der Waals surface area contributed by atoms with Gasteiger partial charge in [0.2, 0.25) is 11.7 Å².